The van der Waals surface area contributed by atoms with Crippen LogP contribution in [0.5, 0.6) is 0 Å². The molecule has 1 fully saturated rings. The Kier molecular flexibility index (Phi) is 4.63. The molecule has 3 aliphatic rings. The summed E-state index contributed by atoms with van der Waals surface area (Å²) in [4.78, 5) is 9.61. The quantitative estimate of drug-likeness (QED) is 0.628. The lowest BCUT2D eigenvalue weighted by atomic mass is 9.86. The number of fused-ring (bicyclic) bond motifs is 1. The van der Waals surface area contributed by atoms with E-state index >= 15 is 0 Å². The third-order valence-corrected chi connectivity index (χ3v) is 6.79. The van der Waals surface area contributed by atoms with Gasteiger partial charge in [0.05, 0.1) is 16.7 Å². The molecule has 148 valence electrons. The number of rotatable bonds is 4. The maximum Gasteiger partial charge on any atom is 0.196 e. The molecule has 2 aliphatic heterocycles. The zero-order valence-corrected chi connectivity index (χ0v) is 17.9. The van der Waals surface area contributed by atoms with Crippen LogP contribution in [0.15, 0.2) is 46.8 Å². The molecule has 1 aromatic heterocycles. The molecule has 0 unspecified atom stereocenters. The van der Waals surface area contributed by atoms with E-state index in [1.807, 2.05) is 0 Å². The van der Waals surface area contributed by atoms with Crippen LogP contribution in [-0.2, 0) is 6.42 Å². The van der Waals surface area contributed by atoms with Gasteiger partial charge >= 0.3 is 0 Å². The van der Waals surface area contributed by atoms with Gasteiger partial charge in [0, 0.05) is 29.1 Å². The van der Waals surface area contributed by atoms with Crippen LogP contribution in [-0.4, -0.2) is 23.0 Å². The van der Waals surface area contributed by atoms with Gasteiger partial charge in [-0.25, -0.2) is 9.98 Å². The molecule has 4 nitrogen and oxygen atoms in total. The fraction of sp³-hybridized carbons (Fsp3) is 0.333. The van der Waals surface area contributed by atoms with E-state index in [1.165, 1.54) is 40.7 Å². The van der Waals surface area contributed by atoms with Crippen LogP contribution in [0.4, 0.5) is 5.69 Å². The Labute approximate surface area is 176 Å². The normalized spacial score (nSPS) is 19.9. The summed E-state index contributed by atoms with van der Waals surface area (Å²) in [7, 11) is 0. The summed E-state index contributed by atoms with van der Waals surface area (Å²) in [5.41, 5.74) is 8.52. The molecule has 29 heavy (non-hydrogen) atoms. The van der Waals surface area contributed by atoms with E-state index < -0.39 is 0 Å². The summed E-state index contributed by atoms with van der Waals surface area (Å²) in [6.07, 6.45) is 3.23. The topological polar surface area (TPSA) is 49.3 Å². The molecule has 2 aromatic carbocycles. The smallest absolute Gasteiger partial charge is 0.196 e. The molecule has 3 aromatic rings. The molecule has 5 heteroatoms. The molecule has 1 saturated carbocycles. The fourth-order valence-electron chi connectivity index (χ4n) is 4.03. The number of thiazole rings is 1. The van der Waals surface area contributed by atoms with Gasteiger partial charge in [-0.15, -0.1) is 11.3 Å². The first kappa shape index (κ1) is 18.4. The van der Waals surface area contributed by atoms with E-state index in [0.717, 1.165) is 28.8 Å². The maximum atomic E-state index is 4.88. The van der Waals surface area contributed by atoms with Crippen molar-refractivity contribution >= 4 is 23.0 Å². The van der Waals surface area contributed by atoms with Gasteiger partial charge < -0.3 is 10.6 Å². The summed E-state index contributed by atoms with van der Waals surface area (Å²) in [6, 6.07) is 14.2. The average Bonchev–Trinajstić information content (AvgIpc) is 3.14. The van der Waals surface area contributed by atoms with Gasteiger partial charge in [-0.2, -0.15) is 0 Å². The average molecular weight is 403 g/mol. The number of nitrogens with one attached hydrogen (secondary N) is 2. The van der Waals surface area contributed by atoms with Crippen LogP contribution in [0.3, 0.4) is 0 Å². The van der Waals surface area contributed by atoms with Crippen LogP contribution < -0.4 is 10.6 Å². The zero-order valence-electron chi connectivity index (χ0n) is 17.1. The van der Waals surface area contributed by atoms with Crippen molar-refractivity contribution in [3.05, 3.63) is 69.0 Å². The Morgan fingerprint density at radius 1 is 1.07 bits per heavy atom. The first-order valence-electron chi connectivity index (χ1n) is 10.3. The Bertz CT molecular complexity index is 1070. The minimum Gasteiger partial charge on any atom is -0.353 e. The van der Waals surface area contributed by atoms with Crippen molar-refractivity contribution < 1.29 is 0 Å². The number of aryl methyl sites for hydroxylation is 3. The lowest BCUT2D eigenvalue weighted by molar-refractivity contribution is 0.304. The van der Waals surface area contributed by atoms with Gasteiger partial charge in [-0.05, 0) is 56.4 Å². The Morgan fingerprint density at radius 3 is 2.59 bits per heavy atom. The molecule has 0 radical (unpaired) electrons. The Balaban J connectivity index is 1.33. The van der Waals surface area contributed by atoms with Crippen molar-refractivity contribution in [1.82, 2.24) is 10.3 Å². The number of aromatic nitrogens is 1. The summed E-state index contributed by atoms with van der Waals surface area (Å²) in [5, 5.41) is 10.3. The van der Waals surface area contributed by atoms with Crippen molar-refractivity contribution in [3.8, 4) is 11.3 Å². The van der Waals surface area contributed by atoms with Crippen molar-refractivity contribution in [3.63, 3.8) is 0 Å². The number of hydrogen-bond acceptors (Lipinski definition) is 5. The maximum absolute atomic E-state index is 4.88. The molecule has 2 N–H and O–H groups in total. The highest BCUT2D eigenvalue weighted by Gasteiger charge is 2.34. The predicted octanol–water partition coefficient (Wildman–Crippen LogP) is 5.23. The molecule has 0 atom stereocenters. The number of nitrogens with zero attached hydrogens (tertiary/aromatic N) is 2. The molecule has 1 aliphatic carbocycles. The van der Waals surface area contributed by atoms with Gasteiger partial charge in [0.25, 0.3) is 0 Å². The lowest BCUT2D eigenvalue weighted by Crippen LogP contribution is -2.54. The van der Waals surface area contributed by atoms with Crippen LogP contribution >= 0.6 is 11.3 Å². The second-order valence-electron chi connectivity index (χ2n) is 8.33. The van der Waals surface area contributed by atoms with Gasteiger partial charge in [-0.3, -0.25) is 0 Å². The first-order valence-corrected chi connectivity index (χ1v) is 11.1. The molecule has 6 rings (SSSR count). The van der Waals surface area contributed by atoms with Crippen molar-refractivity contribution in [2.75, 3.05) is 5.32 Å². The van der Waals surface area contributed by atoms with Crippen LogP contribution in [0.2, 0.25) is 0 Å². The molecule has 3 heterocycles. The molecule has 2 bridgehead atoms. The number of benzene rings is 2. The third kappa shape index (κ3) is 3.79. The highest BCUT2D eigenvalue weighted by Crippen LogP contribution is 2.29. The number of anilines is 1. The van der Waals surface area contributed by atoms with E-state index in [2.05, 4.69) is 73.2 Å². The van der Waals surface area contributed by atoms with E-state index in [1.54, 1.807) is 11.3 Å². The minimum atomic E-state index is 0.511. The Morgan fingerprint density at radius 2 is 1.86 bits per heavy atom. The van der Waals surface area contributed by atoms with Crippen molar-refractivity contribution in [2.24, 2.45) is 4.99 Å². The molecule has 0 spiro atoms. The predicted molar refractivity (Wildman–Crippen MR) is 122 cm³/mol. The van der Waals surface area contributed by atoms with E-state index in [-0.39, 0.29) is 0 Å². The highest BCUT2D eigenvalue weighted by molar-refractivity contribution is 7.10. The standard InChI is InChI=1S/C24H26N4S/c1-14-4-6-17(7-5-14)22-13-29-23(27-22)10-18-8-16(3)21(9-15(18)2)28-24-25-19-11-20(12-19)26-24/h4-9,13,19-20H,10-12H2,1-3H3,(H2,25,26,28). The van der Waals surface area contributed by atoms with E-state index in [0.29, 0.717) is 12.1 Å². The zero-order chi connectivity index (χ0) is 20.0. The number of guanidine groups is 1. The van der Waals surface area contributed by atoms with Crippen molar-refractivity contribution in [1.29, 1.82) is 0 Å². The molecular weight excluding hydrogens is 376 g/mol. The van der Waals surface area contributed by atoms with Crippen LogP contribution in [0.1, 0.15) is 40.1 Å². The fourth-order valence-corrected chi connectivity index (χ4v) is 4.86. The molecule has 0 saturated heterocycles. The van der Waals surface area contributed by atoms with Crippen molar-refractivity contribution in [2.45, 2.75) is 52.1 Å². The lowest BCUT2D eigenvalue weighted by Gasteiger charge is -2.39. The van der Waals surface area contributed by atoms with E-state index in [4.69, 9.17) is 9.98 Å². The van der Waals surface area contributed by atoms with Crippen LogP contribution in [0.25, 0.3) is 11.3 Å². The minimum absolute atomic E-state index is 0.511. The summed E-state index contributed by atoms with van der Waals surface area (Å²) in [6.45, 7) is 6.45. The second kappa shape index (κ2) is 7.30. The SMILES string of the molecule is Cc1ccc(-c2csc(Cc3cc(C)c(NC4=NC5CC(C5)N4)cc3C)n2)cc1. The largest absolute Gasteiger partial charge is 0.353 e. The summed E-state index contributed by atoms with van der Waals surface area (Å²) < 4.78 is 0. The Hall–Kier alpha value is -2.66. The van der Waals surface area contributed by atoms with Gasteiger partial charge in [0.1, 0.15) is 0 Å². The third-order valence-electron chi connectivity index (χ3n) is 5.94. The number of aliphatic imine (C=N–C) groups is 1. The van der Waals surface area contributed by atoms with Gasteiger partial charge in [-0.1, -0.05) is 35.9 Å². The van der Waals surface area contributed by atoms with Crippen LogP contribution in [0, 0.1) is 20.8 Å². The summed E-state index contributed by atoms with van der Waals surface area (Å²) >= 11 is 1.74. The second-order valence-corrected chi connectivity index (χ2v) is 9.27. The van der Waals surface area contributed by atoms with Gasteiger partial charge in [0.15, 0.2) is 5.96 Å². The van der Waals surface area contributed by atoms with E-state index in [9.17, 15) is 0 Å². The first-order chi connectivity index (χ1) is 14.0. The molecule has 0 amide bonds. The number of hydrogen-bond donors (Lipinski definition) is 2. The monoisotopic (exact) mass is 402 g/mol. The molecular formula is C24H26N4S. The highest BCUT2D eigenvalue weighted by atomic mass is 32.1. The summed E-state index contributed by atoms with van der Waals surface area (Å²) in [5.74, 6) is 0.926. The van der Waals surface area contributed by atoms with Gasteiger partial charge in [0.2, 0.25) is 0 Å².